The quantitative estimate of drug-likeness (QED) is 0.663. The molecule has 1 aliphatic rings. The molecule has 1 heterocycles. The van der Waals surface area contributed by atoms with Gasteiger partial charge in [0.1, 0.15) is 11.6 Å². The van der Waals surface area contributed by atoms with Gasteiger partial charge in [0.2, 0.25) is 0 Å². The largest absolute Gasteiger partial charge is 0.300 e. The molecule has 1 saturated carbocycles. The van der Waals surface area contributed by atoms with Crippen LogP contribution in [0.4, 0.5) is 4.39 Å². The van der Waals surface area contributed by atoms with Crippen molar-refractivity contribution in [3.05, 3.63) is 29.8 Å². The Labute approximate surface area is 88.5 Å². The number of carbonyl (C=O) groups is 1. The van der Waals surface area contributed by atoms with Crippen molar-refractivity contribution in [3.63, 3.8) is 0 Å². The second-order valence-corrected chi connectivity index (χ2v) is 4.12. The fourth-order valence-electron chi connectivity index (χ4n) is 2.13. The molecular formula is C12H14FNO. The highest BCUT2D eigenvalue weighted by atomic mass is 19.1. The molecule has 1 aromatic rings. The van der Waals surface area contributed by atoms with Gasteiger partial charge < -0.3 is 0 Å². The number of halogens is 1. The van der Waals surface area contributed by atoms with E-state index in [9.17, 15) is 9.18 Å². The summed E-state index contributed by atoms with van der Waals surface area (Å²) in [5.41, 5.74) is 0.866. The van der Waals surface area contributed by atoms with E-state index in [0.29, 0.717) is 18.6 Å². The fourth-order valence-corrected chi connectivity index (χ4v) is 2.13. The molecule has 0 aromatic carbocycles. The van der Waals surface area contributed by atoms with E-state index >= 15 is 0 Å². The van der Waals surface area contributed by atoms with Gasteiger partial charge in [-0.15, -0.1) is 0 Å². The average molecular weight is 207 g/mol. The summed E-state index contributed by atoms with van der Waals surface area (Å²) in [6, 6.07) is 1.50. The van der Waals surface area contributed by atoms with Crippen LogP contribution in [0, 0.1) is 5.82 Å². The molecule has 0 N–H and O–H groups in total. The van der Waals surface area contributed by atoms with Crippen LogP contribution in [0.25, 0.3) is 0 Å². The Hall–Kier alpha value is -1.25. The van der Waals surface area contributed by atoms with E-state index in [0.717, 1.165) is 24.8 Å². The predicted octanol–water partition coefficient (Wildman–Crippen LogP) is 2.84. The summed E-state index contributed by atoms with van der Waals surface area (Å²) in [5.74, 6) is 0.147. The summed E-state index contributed by atoms with van der Waals surface area (Å²) in [7, 11) is 0. The van der Waals surface area contributed by atoms with Crippen LogP contribution < -0.4 is 0 Å². The van der Waals surface area contributed by atoms with Crippen molar-refractivity contribution < 1.29 is 9.18 Å². The van der Waals surface area contributed by atoms with Crippen LogP contribution in [0.2, 0.25) is 0 Å². The predicted molar refractivity (Wildman–Crippen MR) is 55.0 cm³/mol. The van der Waals surface area contributed by atoms with Crippen molar-refractivity contribution in [3.8, 4) is 0 Å². The van der Waals surface area contributed by atoms with Gasteiger partial charge >= 0.3 is 0 Å². The number of aromatic nitrogens is 1. The molecule has 15 heavy (non-hydrogen) atoms. The Morgan fingerprint density at radius 2 is 2.20 bits per heavy atom. The Balaban J connectivity index is 2.18. The van der Waals surface area contributed by atoms with Crippen LogP contribution in [0.15, 0.2) is 18.5 Å². The van der Waals surface area contributed by atoms with Gasteiger partial charge in [0.05, 0.1) is 6.20 Å². The number of hydrogen-bond acceptors (Lipinski definition) is 2. The van der Waals surface area contributed by atoms with Gasteiger partial charge in [0.15, 0.2) is 0 Å². The van der Waals surface area contributed by atoms with E-state index < -0.39 is 0 Å². The van der Waals surface area contributed by atoms with Crippen LogP contribution in [0.1, 0.15) is 43.6 Å². The van der Waals surface area contributed by atoms with E-state index in [4.69, 9.17) is 0 Å². The first kappa shape index (κ1) is 10.3. The van der Waals surface area contributed by atoms with Crippen molar-refractivity contribution in [2.45, 2.75) is 38.0 Å². The number of rotatable bonds is 1. The Kier molecular flexibility index (Phi) is 3.09. The van der Waals surface area contributed by atoms with Crippen molar-refractivity contribution >= 4 is 5.78 Å². The number of Topliss-reactive ketones (excluding diaryl/α,β-unsaturated/α-hetero) is 1. The molecule has 1 unspecified atom stereocenters. The first-order valence-corrected chi connectivity index (χ1v) is 5.38. The topological polar surface area (TPSA) is 30.0 Å². The highest BCUT2D eigenvalue weighted by molar-refractivity contribution is 5.79. The molecule has 1 aliphatic carbocycles. The molecule has 3 heteroatoms. The van der Waals surface area contributed by atoms with E-state index in [1.54, 1.807) is 6.20 Å². The third-order valence-corrected chi connectivity index (χ3v) is 2.93. The van der Waals surface area contributed by atoms with Crippen LogP contribution >= 0.6 is 0 Å². The highest BCUT2D eigenvalue weighted by Gasteiger charge is 2.19. The number of pyridine rings is 1. The number of ketones is 1. The second-order valence-electron chi connectivity index (χ2n) is 4.12. The number of carbonyl (C=O) groups excluding carboxylic acids is 1. The number of hydrogen-bond donors (Lipinski definition) is 0. The average Bonchev–Trinajstić information content (AvgIpc) is 2.43. The zero-order chi connectivity index (χ0) is 10.7. The smallest absolute Gasteiger partial charge is 0.141 e. The van der Waals surface area contributed by atoms with E-state index in [1.807, 2.05) is 0 Å². The molecule has 0 radical (unpaired) electrons. The van der Waals surface area contributed by atoms with Gasteiger partial charge in [0.25, 0.3) is 0 Å². The molecule has 0 bridgehead atoms. The first-order chi connectivity index (χ1) is 7.25. The molecule has 1 atom stereocenters. The monoisotopic (exact) mass is 207 g/mol. The molecular weight excluding hydrogens is 193 g/mol. The summed E-state index contributed by atoms with van der Waals surface area (Å²) >= 11 is 0. The second kappa shape index (κ2) is 4.51. The lowest BCUT2D eigenvalue weighted by Gasteiger charge is -2.12. The molecule has 0 aliphatic heterocycles. The van der Waals surface area contributed by atoms with Crippen molar-refractivity contribution in [1.29, 1.82) is 0 Å². The minimum Gasteiger partial charge on any atom is -0.300 e. The van der Waals surface area contributed by atoms with Crippen molar-refractivity contribution in [2.75, 3.05) is 0 Å². The Bertz CT molecular complexity index is 364. The maximum atomic E-state index is 13.0. The standard InChI is InChI=1S/C12H14FNO/c13-11-5-10(7-14-8-11)9-3-1-2-4-12(15)6-9/h5,7-9H,1-4,6H2. The van der Waals surface area contributed by atoms with Crippen molar-refractivity contribution in [2.24, 2.45) is 0 Å². The molecule has 1 fully saturated rings. The molecule has 0 saturated heterocycles. The fraction of sp³-hybridized carbons (Fsp3) is 0.500. The van der Waals surface area contributed by atoms with Gasteiger partial charge in [-0.3, -0.25) is 9.78 Å². The summed E-state index contributed by atoms with van der Waals surface area (Å²) in [6.07, 6.45) is 7.08. The lowest BCUT2D eigenvalue weighted by atomic mass is 9.93. The van der Waals surface area contributed by atoms with Gasteiger partial charge in [0, 0.05) is 19.0 Å². The lowest BCUT2D eigenvalue weighted by molar-refractivity contribution is -0.119. The maximum Gasteiger partial charge on any atom is 0.141 e. The van der Waals surface area contributed by atoms with E-state index in [-0.39, 0.29) is 11.7 Å². The third-order valence-electron chi connectivity index (χ3n) is 2.93. The van der Waals surface area contributed by atoms with Crippen molar-refractivity contribution in [1.82, 2.24) is 4.98 Å². The molecule has 80 valence electrons. The first-order valence-electron chi connectivity index (χ1n) is 5.38. The Morgan fingerprint density at radius 1 is 1.33 bits per heavy atom. The molecule has 2 nitrogen and oxygen atoms in total. The van der Waals surface area contributed by atoms with Crippen LogP contribution in [-0.4, -0.2) is 10.8 Å². The molecule has 1 aromatic heterocycles. The summed E-state index contributed by atoms with van der Waals surface area (Å²) in [5, 5.41) is 0. The van der Waals surface area contributed by atoms with Gasteiger partial charge in [-0.25, -0.2) is 4.39 Å². The molecule has 0 amide bonds. The molecule has 0 spiro atoms. The normalized spacial score (nSPS) is 22.5. The van der Waals surface area contributed by atoms with Crippen LogP contribution in [0.3, 0.4) is 0 Å². The molecule has 2 rings (SSSR count). The zero-order valence-corrected chi connectivity index (χ0v) is 8.58. The lowest BCUT2D eigenvalue weighted by Crippen LogP contribution is -2.04. The minimum absolute atomic E-state index is 0.170. The van der Waals surface area contributed by atoms with E-state index in [1.165, 1.54) is 12.3 Å². The van der Waals surface area contributed by atoms with Crippen LogP contribution in [0.5, 0.6) is 0 Å². The van der Waals surface area contributed by atoms with E-state index in [2.05, 4.69) is 4.98 Å². The minimum atomic E-state index is -0.316. The maximum absolute atomic E-state index is 13.0. The highest BCUT2D eigenvalue weighted by Crippen LogP contribution is 2.29. The Morgan fingerprint density at radius 3 is 3.00 bits per heavy atom. The zero-order valence-electron chi connectivity index (χ0n) is 8.58. The van der Waals surface area contributed by atoms with Crippen LogP contribution in [-0.2, 0) is 4.79 Å². The SMILES string of the molecule is O=C1CCCCC(c2cncc(F)c2)C1. The third kappa shape index (κ3) is 2.61. The van der Waals surface area contributed by atoms with Gasteiger partial charge in [-0.05, 0) is 30.4 Å². The number of nitrogens with zero attached hydrogens (tertiary/aromatic N) is 1. The summed E-state index contributed by atoms with van der Waals surface area (Å²) in [4.78, 5) is 15.3. The van der Waals surface area contributed by atoms with Gasteiger partial charge in [-0.2, -0.15) is 0 Å². The summed E-state index contributed by atoms with van der Waals surface area (Å²) in [6.45, 7) is 0. The summed E-state index contributed by atoms with van der Waals surface area (Å²) < 4.78 is 13.0. The van der Waals surface area contributed by atoms with Gasteiger partial charge in [-0.1, -0.05) is 6.42 Å².